The molecule has 0 aromatic heterocycles. The summed E-state index contributed by atoms with van der Waals surface area (Å²) >= 11 is 0. The highest BCUT2D eigenvalue weighted by atomic mass is 16.1. The molecular formula is C18H14N2O2. The average Bonchev–Trinajstić information content (AvgIpc) is 2.54. The van der Waals surface area contributed by atoms with Crippen molar-refractivity contribution in [1.29, 1.82) is 5.26 Å². The Hall–Kier alpha value is -3.19. The first-order chi connectivity index (χ1) is 10.6. The lowest BCUT2D eigenvalue weighted by Gasteiger charge is -2.03. The summed E-state index contributed by atoms with van der Waals surface area (Å²) in [5.74, 6) is -0.464. The third kappa shape index (κ3) is 3.90. The topological polar surface area (TPSA) is 70.0 Å². The first-order valence-corrected chi connectivity index (χ1v) is 6.69. The van der Waals surface area contributed by atoms with Crippen LogP contribution in [0.3, 0.4) is 0 Å². The summed E-state index contributed by atoms with van der Waals surface area (Å²) in [4.78, 5) is 23.2. The average molecular weight is 290 g/mol. The summed E-state index contributed by atoms with van der Waals surface area (Å²) in [6, 6.07) is 17.5. The first kappa shape index (κ1) is 15.2. The fourth-order valence-electron chi connectivity index (χ4n) is 1.93. The van der Waals surface area contributed by atoms with Gasteiger partial charge in [0.25, 0.3) is 0 Å². The van der Waals surface area contributed by atoms with Crippen molar-refractivity contribution >= 4 is 23.5 Å². The number of nitrogens with zero attached hydrogens (tertiary/aromatic N) is 1. The van der Waals surface area contributed by atoms with E-state index in [4.69, 9.17) is 0 Å². The van der Waals surface area contributed by atoms with Gasteiger partial charge in [-0.25, -0.2) is 0 Å². The van der Waals surface area contributed by atoms with E-state index in [1.54, 1.807) is 48.5 Å². The number of carbonyl (C=O) groups is 2. The smallest absolute Gasteiger partial charge is 0.221 e. The lowest BCUT2D eigenvalue weighted by Crippen LogP contribution is -2.05. The number of allylic oxidation sites excluding steroid dienone is 1. The number of amides is 1. The van der Waals surface area contributed by atoms with Crippen molar-refractivity contribution in [3.05, 3.63) is 71.3 Å². The van der Waals surface area contributed by atoms with Gasteiger partial charge in [-0.05, 0) is 23.8 Å². The van der Waals surface area contributed by atoms with Gasteiger partial charge in [0, 0.05) is 18.2 Å². The Morgan fingerprint density at radius 2 is 1.68 bits per heavy atom. The van der Waals surface area contributed by atoms with Crippen LogP contribution in [0.2, 0.25) is 0 Å². The van der Waals surface area contributed by atoms with E-state index in [1.165, 1.54) is 13.0 Å². The Morgan fingerprint density at radius 1 is 1.05 bits per heavy atom. The predicted octanol–water partition coefficient (Wildman–Crippen LogP) is 3.43. The molecule has 108 valence electrons. The summed E-state index contributed by atoms with van der Waals surface area (Å²) in [5.41, 5.74) is 1.93. The van der Waals surface area contributed by atoms with Gasteiger partial charge in [-0.15, -0.1) is 0 Å². The Balaban J connectivity index is 2.24. The maximum atomic E-state index is 12.2. The summed E-state index contributed by atoms with van der Waals surface area (Å²) in [7, 11) is 0. The van der Waals surface area contributed by atoms with E-state index in [9.17, 15) is 14.9 Å². The van der Waals surface area contributed by atoms with Gasteiger partial charge in [-0.1, -0.05) is 42.5 Å². The molecule has 22 heavy (non-hydrogen) atoms. The zero-order valence-electron chi connectivity index (χ0n) is 12.0. The molecule has 0 saturated heterocycles. The molecular weight excluding hydrogens is 276 g/mol. The highest BCUT2D eigenvalue weighted by Gasteiger charge is 2.11. The Labute approximate surface area is 128 Å². The van der Waals surface area contributed by atoms with Crippen LogP contribution in [0.15, 0.2) is 60.2 Å². The monoisotopic (exact) mass is 290 g/mol. The molecule has 0 atom stereocenters. The second kappa shape index (κ2) is 7.00. The third-order valence-corrected chi connectivity index (χ3v) is 2.94. The highest BCUT2D eigenvalue weighted by Crippen LogP contribution is 2.15. The van der Waals surface area contributed by atoms with Gasteiger partial charge in [-0.2, -0.15) is 5.26 Å². The number of rotatable bonds is 4. The lowest BCUT2D eigenvalue weighted by atomic mass is 10.0. The van der Waals surface area contributed by atoms with Crippen LogP contribution in [0.4, 0.5) is 5.69 Å². The maximum absolute atomic E-state index is 12.2. The van der Waals surface area contributed by atoms with Crippen molar-refractivity contribution in [2.24, 2.45) is 0 Å². The largest absolute Gasteiger partial charge is 0.326 e. The Morgan fingerprint density at radius 3 is 2.23 bits per heavy atom. The number of benzene rings is 2. The molecule has 0 aliphatic rings. The minimum Gasteiger partial charge on any atom is -0.326 e. The standard InChI is InChI=1S/C18H14N2O2/c1-13(21)20-17-9-7-14(8-10-17)11-16(12-19)18(22)15-5-3-2-4-6-15/h2-11H,1H3,(H,20,21)/b16-11+. The number of hydrogen-bond donors (Lipinski definition) is 1. The molecule has 0 spiro atoms. The lowest BCUT2D eigenvalue weighted by molar-refractivity contribution is -0.114. The molecule has 0 unspecified atom stereocenters. The van der Waals surface area contributed by atoms with Crippen LogP contribution in [-0.2, 0) is 4.79 Å². The zero-order valence-corrected chi connectivity index (χ0v) is 12.0. The summed E-state index contributed by atoms with van der Waals surface area (Å²) in [6.45, 7) is 1.43. The first-order valence-electron chi connectivity index (χ1n) is 6.69. The molecule has 0 radical (unpaired) electrons. The molecule has 2 aromatic rings. The summed E-state index contributed by atoms with van der Waals surface area (Å²) < 4.78 is 0. The second-order valence-corrected chi connectivity index (χ2v) is 4.67. The minimum absolute atomic E-state index is 0.0680. The van der Waals surface area contributed by atoms with Gasteiger partial charge < -0.3 is 5.32 Å². The van der Waals surface area contributed by atoms with Gasteiger partial charge in [0.05, 0.1) is 0 Å². The quantitative estimate of drug-likeness (QED) is 0.532. The normalized spacial score (nSPS) is 10.6. The minimum atomic E-state index is -0.311. The number of ketones is 1. The van der Waals surface area contributed by atoms with Crippen molar-refractivity contribution in [1.82, 2.24) is 0 Å². The van der Waals surface area contributed by atoms with Crippen LogP contribution < -0.4 is 5.32 Å². The van der Waals surface area contributed by atoms with Crippen LogP contribution in [-0.4, -0.2) is 11.7 Å². The molecule has 2 rings (SSSR count). The van der Waals surface area contributed by atoms with E-state index >= 15 is 0 Å². The summed E-state index contributed by atoms with van der Waals surface area (Å²) in [5, 5.41) is 11.9. The number of nitriles is 1. The van der Waals surface area contributed by atoms with E-state index in [1.807, 2.05) is 12.1 Å². The van der Waals surface area contributed by atoms with Crippen molar-refractivity contribution in [3.63, 3.8) is 0 Å². The summed E-state index contributed by atoms with van der Waals surface area (Å²) in [6.07, 6.45) is 1.53. The van der Waals surface area contributed by atoms with Crippen molar-refractivity contribution in [2.45, 2.75) is 6.92 Å². The molecule has 0 aliphatic carbocycles. The molecule has 1 N–H and O–H groups in total. The maximum Gasteiger partial charge on any atom is 0.221 e. The van der Waals surface area contributed by atoms with Crippen LogP contribution >= 0.6 is 0 Å². The van der Waals surface area contributed by atoms with E-state index in [0.717, 1.165) is 5.56 Å². The van der Waals surface area contributed by atoms with Crippen molar-refractivity contribution < 1.29 is 9.59 Å². The molecule has 0 bridgehead atoms. The van der Waals surface area contributed by atoms with Gasteiger partial charge in [-0.3, -0.25) is 9.59 Å². The molecule has 2 aromatic carbocycles. The highest BCUT2D eigenvalue weighted by molar-refractivity contribution is 6.14. The fourth-order valence-corrected chi connectivity index (χ4v) is 1.93. The van der Waals surface area contributed by atoms with Crippen LogP contribution in [0.5, 0.6) is 0 Å². The molecule has 0 aliphatic heterocycles. The number of carbonyl (C=O) groups excluding carboxylic acids is 2. The second-order valence-electron chi connectivity index (χ2n) is 4.67. The van der Waals surface area contributed by atoms with Crippen LogP contribution in [0.25, 0.3) is 6.08 Å². The molecule has 0 saturated carbocycles. The molecule has 4 heteroatoms. The van der Waals surface area contributed by atoms with E-state index in [2.05, 4.69) is 5.32 Å². The molecule has 1 amide bonds. The molecule has 0 fully saturated rings. The predicted molar refractivity (Wildman–Crippen MR) is 85.1 cm³/mol. The van der Waals surface area contributed by atoms with Crippen LogP contribution in [0, 0.1) is 11.3 Å². The number of nitrogens with one attached hydrogen (secondary N) is 1. The van der Waals surface area contributed by atoms with Gasteiger partial charge >= 0.3 is 0 Å². The van der Waals surface area contributed by atoms with Gasteiger partial charge in [0.2, 0.25) is 11.7 Å². The molecule has 0 heterocycles. The van der Waals surface area contributed by atoms with Crippen molar-refractivity contribution in [3.8, 4) is 6.07 Å². The number of anilines is 1. The zero-order chi connectivity index (χ0) is 15.9. The Kier molecular flexibility index (Phi) is 4.84. The number of hydrogen-bond acceptors (Lipinski definition) is 3. The van der Waals surface area contributed by atoms with Crippen LogP contribution in [0.1, 0.15) is 22.8 Å². The van der Waals surface area contributed by atoms with E-state index in [0.29, 0.717) is 11.3 Å². The number of Topliss-reactive ketones (excluding diaryl/α,β-unsaturated/α-hetero) is 1. The van der Waals surface area contributed by atoms with Gasteiger partial charge in [0.1, 0.15) is 11.6 Å². The third-order valence-electron chi connectivity index (χ3n) is 2.94. The van der Waals surface area contributed by atoms with E-state index in [-0.39, 0.29) is 17.3 Å². The van der Waals surface area contributed by atoms with Crippen molar-refractivity contribution in [2.75, 3.05) is 5.32 Å². The SMILES string of the molecule is CC(=O)Nc1ccc(/C=C(\C#N)C(=O)c2ccccc2)cc1. The molecule has 4 nitrogen and oxygen atoms in total. The fraction of sp³-hybridized carbons (Fsp3) is 0.0556. The Bertz CT molecular complexity index is 754. The van der Waals surface area contributed by atoms with E-state index < -0.39 is 0 Å². The van der Waals surface area contributed by atoms with Gasteiger partial charge in [0.15, 0.2) is 0 Å².